The summed E-state index contributed by atoms with van der Waals surface area (Å²) in [5, 5.41) is 12.9. The predicted molar refractivity (Wildman–Crippen MR) is 157 cm³/mol. The summed E-state index contributed by atoms with van der Waals surface area (Å²) in [6.07, 6.45) is 3.84. The number of allylic oxidation sites excluding steroid dienone is 1. The number of aryl methyl sites for hydroxylation is 2. The van der Waals surface area contributed by atoms with Crippen LogP contribution < -0.4 is 10.2 Å². The molecule has 7 atom stereocenters. The van der Waals surface area contributed by atoms with E-state index in [1.165, 1.54) is 4.90 Å². The Labute approximate surface area is 247 Å². The van der Waals surface area contributed by atoms with Gasteiger partial charge in [0, 0.05) is 18.7 Å². The van der Waals surface area contributed by atoms with E-state index in [4.69, 9.17) is 9.47 Å². The van der Waals surface area contributed by atoms with Crippen LogP contribution in [0, 0.1) is 25.7 Å². The number of ether oxygens (including phenoxy) is 2. The van der Waals surface area contributed by atoms with E-state index in [2.05, 4.69) is 18.5 Å². The number of carbonyl (C=O) groups is 4. The third-order valence-corrected chi connectivity index (χ3v) is 8.70. The Morgan fingerprint density at radius 1 is 1.26 bits per heavy atom. The highest BCUT2D eigenvalue weighted by atomic mass is 16.6. The highest BCUT2D eigenvalue weighted by Gasteiger charge is 2.75. The first-order valence-electron chi connectivity index (χ1n) is 14.7. The second-order valence-corrected chi connectivity index (χ2v) is 11.7. The number of likely N-dealkylation sites (tertiary alicyclic amines) is 1. The average molecular weight is 582 g/mol. The van der Waals surface area contributed by atoms with Gasteiger partial charge in [0.15, 0.2) is 0 Å². The van der Waals surface area contributed by atoms with Crippen LogP contribution in [0.4, 0.5) is 5.69 Å². The van der Waals surface area contributed by atoms with Crippen LogP contribution in [0.1, 0.15) is 50.7 Å². The molecule has 0 aromatic heterocycles. The number of rotatable bonds is 13. The lowest BCUT2D eigenvalue weighted by atomic mass is 9.70. The van der Waals surface area contributed by atoms with E-state index in [0.717, 1.165) is 11.1 Å². The zero-order chi connectivity index (χ0) is 30.8. The number of aliphatic hydroxyl groups excluding tert-OH is 1. The molecule has 42 heavy (non-hydrogen) atoms. The molecule has 2 bridgehead atoms. The Balaban J connectivity index is 1.63. The molecule has 0 aliphatic carbocycles. The van der Waals surface area contributed by atoms with E-state index in [1.54, 1.807) is 30.9 Å². The summed E-state index contributed by atoms with van der Waals surface area (Å²) in [5.74, 6) is -3.33. The first-order valence-corrected chi connectivity index (χ1v) is 14.7. The summed E-state index contributed by atoms with van der Waals surface area (Å²) in [4.78, 5) is 57.2. The number of benzene rings is 1. The molecule has 0 radical (unpaired) electrons. The van der Waals surface area contributed by atoms with Crippen molar-refractivity contribution >= 4 is 29.4 Å². The van der Waals surface area contributed by atoms with Gasteiger partial charge in [0.05, 0.1) is 37.1 Å². The largest absolute Gasteiger partial charge is 0.460 e. The standard InChI is InChI=1S/C32H43N3O7/c1-7-9-10-25(37)33-17-22(6)41-31(40)26-24-13-14-32(42-24)27(26)29(38)35(21(5)18-36)28(32)30(39)34(15-8-2)23-16-19(3)11-12-20(23)4/h7-8,11-12,16,21-22,24,26-28,36H,1-2,9-10,13-15,17-18H2,3-6H3,(H,33,37)/t21-,22+,24+,26-,27-,28+,32-/m1/s1. The smallest absolute Gasteiger partial charge is 0.312 e. The number of anilines is 1. The quantitative estimate of drug-likeness (QED) is 0.271. The van der Waals surface area contributed by atoms with E-state index >= 15 is 0 Å². The molecule has 1 aromatic rings. The lowest BCUT2D eigenvalue weighted by molar-refractivity contribution is -0.159. The number of nitrogens with zero attached hydrogens (tertiary/aromatic N) is 2. The van der Waals surface area contributed by atoms with E-state index in [9.17, 15) is 24.3 Å². The molecule has 3 amide bonds. The number of carbonyl (C=O) groups excluding carboxylic acids is 4. The van der Waals surface area contributed by atoms with Crippen molar-refractivity contribution in [1.29, 1.82) is 0 Å². The number of aliphatic hydroxyl groups is 1. The molecule has 3 fully saturated rings. The van der Waals surface area contributed by atoms with Gasteiger partial charge in [0.2, 0.25) is 11.8 Å². The van der Waals surface area contributed by atoms with Gasteiger partial charge in [-0.2, -0.15) is 0 Å². The summed E-state index contributed by atoms with van der Waals surface area (Å²) in [5.41, 5.74) is 1.34. The summed E-state index contributed by atoms with van der Waals surface area (Å²) in [7, 11) is 0. The highest BCUT2D eigenvalue weighted by Crippen LogP contribution is 2.59. The first-order chi connectivity index (χ1) is 20.0. The molecule has 4 rings (SSSR count). The topological polar surface area (TPSA) is 125 Å². The van der Waals surface area contributed by atoms with Gasteiger partial charge in [-0.1, -0.05) is 24.3 Å². The second-order valence-electron chi connectivity index (χ2n) is 11.7. The molecule has 10 nitrogen and oxygen atoms in total. The third-order valence-electron chi connectivity index (χ3n) is 8.70. The Morgan fingerprint density at radius 3 is 2.67 bits per heavy atom. The fourth-order valence-electron chi connectivity index (χ4n) is 6.69. The number of esters is 1. The van der Waals surface area contributed by atoms with Crippen molar-refractivity contribution in [3.63, 3.8) is 0 Å². The average Bonchev–Trinajstić information content (AvgIpc) is 3.61. The summed E-state index contributed by atoms with van der Waals surface area (Å²) < 4.78 is 12.2. The number of hydrogen-bond donors (Lipinski definition) is 2. The SMILES string of the molecule is C=CCCC(=O)NC[C@H](C)OC(=O)[C@@H]1[C@@H]2CC[C@]3(O2)[C@H](C(=O)N(CC=C)c2cc(C)ccc2C)N([C@H](C)CO)C(=O)[C@@H]13. The van der Waals surface area contributed by atoms with Crippen molar-refractivity contribution in [1.82, 2.24) is 10.2 Å². The van der Waals surface area contributed by atoms with E-state index in [1.807, 2.05) is 32.0 Å². The summed E-state index contributed by atoms with van der Waals surface area (Å²) in [6, 6.07) is 4.11. The minimum absolute atomic E-state index is 0.130. The molecule has 3 heterocycles. The van der Waals surface area contributed by atoms with Crippen molar-refractivity contribution in [2.24, 2.45) is 11.8 Å². The summed E-state index contributed by atoms with van der Waals surface area (Å²) >= 11 is 0. The highest BCUT2D eigenvalue weighted by molar-refractivity contribution is 6.05. The molecule has 3 saturated heterocycles. The fraction of sp³-hybridized carbons (Fsp3) is 0.562. The summed E-state index contributed by atoms with van der Waals surface area (Å²) in [6.45, 7) is 14.7. The predicted octanol–water partition coefficient (Wildman–Crippen LogP) is 2.59. The molecule has 1 spiro atoms. The fourth-order valence-corrected chi connectivity index (χ4v) is 6.69. The maximum absolute atomic E-state index is 14.5. The van der Waals surface area contributed by atoms with Crippen molar-refractivity contribution in [3.05, 3.63) is 54.6 Å². The lowest BCUT2D eigenvalue weighted by Gasteiger charge is -2.38. The van der Waals surface area contributed by atoms with Crippen LogP contribution in [0.5, 0.6) is 0 Å². The van der Waals surface area contributed by atoms with Gasteiger partial charge in [-0.3, -0.25) is 19.2 Å². The van der Waals surface area contributed by atoms with Gasteiger partial charge in [-0.15, -0.1) is 13.2 Å². The lowest BCUT2D eigenvalue weighted by Crippen LogP contribution is -2.58. The molecule has 3 aliphatic heterocycles. The molecule has 3 aliphatic rings. The Kier molecular flexibility index (Phi) is 9.57. The second kappa shape index (κ2) is 12.8. The zero-order valence-electron chi connectivity index (χ0n) is 25.0. The Bertz CT molecular complexity index is 1250. The van der Waals surface area contributed by atoms with Gasteiger partial charge >= 0.3 is 5.97 Å². The van der Waals surface area contributed by atoms with Gasteiger partial charge in [-0.25, -0.2) is 0 Å². The first kappa shape index (κ1) is 31.4. The van der Waals surface area contributed by atoms with Crippen molar-refractivity contribution in [3.8, 4) is 0 Å². The normalized spacial score (nSPS) is 27.3. The Hall–Kier alpha value is -3.50. The van der Waals surface area contributed by atoms with E-state index in [-0.39, 0.29) is 31.5 Å². The molecular formula is C32H43N3O7. The monoisotopic (exact) mass is 581 g/mol. The molecule has 0 saturated carbocycles. The van der Waals surface area contributed by atoms with E-state index < -0.39 is 53.6 Å². The van der Waals surface area contributed by atoms with Crippen LogP contribution in [0.15, 0.2) is 43.5 Å². The molecular weight excluding hydrogens is 538 g/mol. The number of hydrogen-bond acceptors (Lipinski definition) is 7. The zero-order valence-corrected chi connectivity index (χ0v) is 25.0. The van der Waals surface area contributed by atoms with Crippen molar-refractivity contribution < 1.29 is 33.8 Å². The molecule has 1 aromatic carbocycles. The third kappa shape index (κ3) is 5.62. The number of fused-ring (bicyclic) bond motifs is 1. The molecule has 10 heteroatoms. The Morgan fingerprint density at radius 2 is 2.00 bits per heavy atom. The minimum Gasteiger partial charge on any atom is -0.460 e. The molecule has 228 valence electrons. The van der Waals surface area contributed by atoms with Gasteiger partial charge < -0.3 is 29.7 Å². The van der Waals surface area contributed by atoms with Crippen LogP contribution in [-0.4, -0.2) is 83.3 Å². The molecule has 0 unspecified atom stereocenters. The molecule has 2 N–H and O–H groups in total. The van der Waals surface area contributed by atoms with Crippen LogP contribution >= 0.6 is 0 Å². The maximum atomic E-state index is 14.5. The number of nitrogens with one attached hydrogen (secondary N) is 1. The minimum atomic E-state index is -1.23. The maximum Gasteiger partial charge on any atom is 0.312 e. The van der Waals surface area contributed by atoms with Crippen molar-refractivity contribution in [2.75, 3.05) is 24.6 Å². The van der Waals surface area contributed by atoms with Gasteiger partial charge in [-0.05, 0) is 64.2 Å². The van der Waals surface area contributed by atoms with Crippen LogP contribution in [0.3, 0.4) is 0 Å². The van der Waals surface area contributed by atoms with Gasteiger partial charge in [0.25, 0.3) is 5.91 Å². The van der Waals surface area contributed by atoms with Crippen LogP contribution in [0.2, 0.25) is 0 Å². The van der Waals surface area contributed by atoms with Crippen LogP contribution in [-0.2, 0) is 28.7 Å². The van der Waals surface area contributed by atoms with E-state index in [0.29, 0.717) is 31.4 Å². The number of amides is 3. The van der Waals surface area contributed by atoms with Crippen LogP contribution in [0.25, 0.3) is 0 Å². The van der Waals surface area contributed by atoms with Gasteiger partial charge in [0.1, 0.15) is 17.7 Å². The van der Waals surface area contributed by atoms with Crippen molar-refractivity contribution in [2.45, 2.75) is 83.3 Å².